The zero-order valence-electron chi connectivity index (χ0n) is 13.3. The molecule has 7 nitrogen and oxygen atoms in total. The van der Waals surface area contributed by atoms with Gasteiger partial charge in [0, 0.05) is 24.7 Å². The van der Waals surface area contributed by atoms with Crippen molar-refractivity contribution >= 4 is 45.9 Å². The molecule has 0 atom stereocenters. The number of oxazole rings is 1. The van der Waals surface area contributed by atoms with Crippen molar-refractivity contribution in [3.63, 3.8) is 0 Å². The highest BCUT2D eigenvalue weighted by Crippen LogP contribution is 2.25. The first-order valence-electron chi connectivity index (χ1n) is 7.51. The number of rotatable bonds is 6. The molecule has 2 aromatic heterocycles. The van der Waals surface area contributed by atoms with Gasteiger partial charge in [-0.25, -0.2) is 9.78 Å². The largest absolute Gasteiger partial charge is 0.431 e. The van der Waals surface area contributed by atoms with Crippen LogP contribution in [0.4, 0.5) is 10.5 Å². The zero-order chi connectivity index (χ0) is 16.9. The molecule has 0 spiro atoms. The van der Waals surface area contributed by atoms with Gasteiger partial charge in [-0.3, -0.25) is 0 Å². The third kappa shape index (κ3) is 4.24. The molecule has 126 valence electrons. The number of urea groups is 1. The molecule has 0 aliphatic heterocycles. The van der Waals surface area contributed by atoms with Crippen molar-refractivity contribution in [3.05, 3.63) is 28.2 Å². The summed E-state index contributed by atoms with van der Waals surface area (Å²) < 4.78 is 5.64. The standard InChI is InChI=1S/C15H17N5O2S2/c1-3-23-15-18-11-5-4-10(8-12(11)22-15)17-14(21)16-7-6-13-20-19-9(2)24-13/h4-5,8H,3,6-7H2,1-2H3,(H2,16,17,21). The molecular formula is C15H17N5O2S2. The number of carbonyl (C=O) groups excluding carboxylic acids is 1. The molecule has 9 heteroatoms. The molecule has 24 heavy (non-hydrogen) atoms. The quantitative estimate of drug-likeness (QED) is 0.652. The van der Waals surface area contributed by atoms with E-state index in [2.05, 4.69) is 25.8 Å². The van der Waals surface area contributed by atoms with Gasteiger partial charge in [0.2, 0.25) is 0 Å². The molecule has 3 rings (SSSR count). The van der Waals surface area contributed by atoms with Gasteiger partial charge in [-0.1, -0.05) is 18.7 Å². The minimum absolute atomic E-state index is 0.266. The number of anilines is 1. The summed E-state index contributed by atoms with van der Waals surface area (Å²) in [4.78, 5) is 16.3. The predicted molar refractivity (Wildman–Crippen MR) is 95.8 cm³/mol. The van der Waals surface area contributed by atoms with Crippen LogP contribution in [0.2, 0.25) is 0 Å². The third-order valence-corrected chi connectivity index (χ3v) is 4.70. The first-order chi connectivity index (χ1) is 11.6. The number of fused-ring (bicyclic) bond motifs is 1. The maximum absolute atomic E-state index is 11.9. The van der Waals surface area contributed by atoms with Crippen molar-refractivity contribution in [2.24, 2.45) is 0 Å². The van der Waals surface area contributed by atoms with Crippen LogP contribution in [-0.4, -0.2) is 33.5 Å². The fourth-order valence-electron chi connectivity index (χ4n) is 2.06. The third-order valence-electron chi connectivity index (χ3n) is 3.09. The maximum Gasteiger partial charge on any atom is 0.319 e. The van der Waals surface area contributed by atoms with Crippen molar-refractivity contribution in [2.75, 3.05) is 17.6 Å². The first-order valence-corrected chi connectivity index (χ1v) is 9.31. The summed E-state index contributed by atoms with van der Waals surface area (Å²) in [7, 11) is 0. The molecular weight excluding hydrogens is 346 g/mol. The van der Waals surface area contributed by atoms with E-state index >= 15 is 0 Å². The van der Waals surface area contributed by atoms with E-state index < -0.39 is 0 Å². The molecule has 0 aliphatic rings. The molecule has 0 fully saturated rings. The van der Waals surface area contributed by atoms with Gasteiger partial charge in [0.25, 0.3) is 5.22 Å². The molecule has 0 saturated heterocycles. The van der Waals surface area contributed by atoms with Gasteiger partial charge in [0.05, 0.1) is 0 Å². The molecule has 0 radical (unpaired) electrons. The second kappa shape index (κ2) is 7.63. The number of hydrogen-bond acceptors (Lipinski definition) is 7. The van der Waals surface area contributed by atoms with Crippen molar-refractivity contribution < 1.29 is 9.21 Å². The Morgan fingerprint density at radius 1 is 1.38 bits per heavy atom. The highest BCUT2D eigenvalue weighted by molar-refractivity contribution is 7.99. The number of amides is 2. The van der Waals surface area contributed by atoms with Gasteiger partial charge in [-0.05, 0) is 24.8 Å². The van der Waals surface area contributed by atoms with Gasteiger partial charge in [-0.15, -0.1) is 21.5 Å². The zero-order valence-corrected chi connectivity index (χ0v) is 15.0. The van der Waals surface area contributed by atoms with Gasteiger partial charge in [0.15, 0.2) is 5.58 Å². The van der Waals surface area contributed by atoms with Crippen LogP contribution in [0, 0.1) is 6.92 Å². The second-order valence-electron chi connectivity index (χ2n) is 4.94. The number of thioether (sulfide) groups is 1. The number of aryl methyl sites for hydroxylation is 1. The summed E-state index contributed by atoms with van der Waals surface area (Å²) in [6.07, 6.45) is 0.664. The Kier molecular flexibility index (Phi) is 5.31. The highest BCUT2D eigenvalue weighted by atomic mass is 32.2. The summed E-state index contributed by atoms with van der Waals surface area (Å²) in [6, 6.07) is 5.14. The molecule has 0 bridgehead atoms. The van der Waals surface area contributed by atoms with E-state index in [1.54, 1.807) is 23.9 Å². The lowest BCUT2D eigenvalue weighted by atomic mass is 10.3. The summed E-state index contributed by atoms with van der Waals surface area (Å²) in [5.74, 6) is 0.897. The summed E-state index contributed by atoms with van der Waals surface area (Å²) in [5.41, 5.74) is 2.10. The minimum atomic E-state index is -0.266. The van der Waals surface area contributed by atoms with Crippen LogP contribution < -0.4 is 10.6 Å². The molecule has 0 saturated carbocycles. The van der Waals surface area contributed by atoms with E-state index in [1.807, 2.05) is 19.9 Å². The Bertz CT molecular complexity index is 845. The summed E-state index contributed by atoms with van der Waals surface area (Å²) >= 11 is 3.08. The lowest BCUT2D eigenvalue weighted by molar-refractivity contribution is 0.252. The molecule has 3 aromatic rings. The highest BCUT2D eigenvalue weighted by Gasteiger charge is 2.08. The Morgan fingerprint density at radius 3 is 3.00 bits per heavy atom. The number of hydrogen-bond donors (Lipinski definition) is 2. The number of nitrogens with zero attached hydrogens (tertiary/aromatic N) is 3. The van der Waals surface area contributed by atoms with Crippen molar-refractivity contribution in [1.82, 2.24) is 20.5 Å². The number of aromatic nitrogens is 3. The van der Waals surface area contributed by atoms with Crippen molar-refractivity contribution in [2.45, 2.75) is 25.5 Å². The van der Waals surface area contributed by atoms with Crippen LogP contribution in [0.5, 0.6) is 0 Å². The monoisotopic (exact) mass is 363 g/mol. The fourth-order valence-corrected chi connectivity index (χ4v) is 3.33. The maximum atomic E-state index is 11.9. The molecule has 0 unspecified atom stereocenters. The summed E-state index contributed by atoms with van der Waals surface area (Å²) in [6.45, 7) is 4.45. The van der Waals surface area contributed by atoms with Gasteiger partial charge in [-0.2, -0.15) is 0 Å². The Labute approximate surface area is 147 Å². The van der Waals surface area contributed by atoms with Crippen LogP contribution in [0.3, 0.4) is 0 Å². The topological polar surface area (TPSA) is 92.9 Å². The van der Waals surface area contributed by atoms with E-state index in [1.165, 1.54) is 11.3 Å². The van der Waals surface area contributed by atoms with Gasteiger partial charge in [0.1, 0.15) is 15.5 Å². The minimum Gasteiger partial charge on any atom is -0.431 e. The fraction of sp³-hybridized carbons (Fsp3) is 0.333. The van der Waals surface area contributed by atoms with Crippen LogP contribution in [0.15, 0.2) is 27.8 Å². The first kappa shape index (κ1) is 16.7. The number of nitrogens with one attached hydrogen (secondary N) is 2. The van der Waals surface area contributed by atoms with Crippen LogP contribution in [-0.2, 0) is 6.42 Å². The lowest BCUT2D eigenvalue weighted by Gasteiger charge is -2.06. The van der Waals surface area contributed by atoms with E-state index in [0.717, 1.165) is 21.3 Å². The van der Waals surface area contributed by atoms with Crippen LogP contribution >= 0.6 is 23.1 Å². The Hall–Kier alpha value is -2.13. The van der Waals surface area contributed by atoms with Crippen LogP contribution in [0.25, 0.3) is 11.1 Å². The SMILES string of the molecule is CCSc1nc2ccc(NC(=O)NCCc3nnc(C)s3)cc2o1. The molecule has 1 aromatic carbocycles. The van der Waals surface area contributed by atoms with E-state index in [-0.39, 0.29) is 6.03 Å². The smallest absolute Gasteiger partial charge is 0.319 e. The van der Waals surface area contributed by atoms with Gasteiger partial charge >= 0.3 is 6.03 Å². The lowest BCUT2D eigenvalue weighted by Crippen LogP contribution is -2.30. The normalized spacial score (nSPS) is 10.9. The molecule has 0 aliphatic carbocycles. The molecule has 2 N–H and O–H groups in total. The van der Waals surface area contributed by atoms with E-state index in [0.29, 0.717) is 29.5 Å². The van der Waals surface area contributed by atoms with Crippen molar-refractivity contribution in [1.29, 1.82) is 0 Å². The molecule has 2 amide bonds. The molecule has 2 heterocycles. The van der Waals surface area contributed by atoms with Crippen molar-refractivity contribution in [3.8, 4) is 0 Å². The second-order valence-corrected chi connectivity index (χ2v) is 7.42. The number of benzene rings is 1. The average Bonchev–Trinajstić information content (AvgIpc) is 3.13. The summed E-state index contributed by atoms with van der Waals surface area (Å²) in [5, 5.41) is 16.0. The Balaban J connectivity index is 1.54. The van der Waals surface area contributed by atoms with E-state index in [9.17, 15) is 4.79 Å². The van der Waals surface area contributed by atoms with E-state index in [4.69, 9.17) is 4.42 Å². The average molecular weight is 363 g/mol. The predicted octanol–water partition coefficient (Wildman–Crippen LogP) is 3.46. The number of carbonyl (C=O) groups is 1. The van der Waals surface area contributed by atoms with Gasteiger partial charge < -0.3 is 15.1 Å². The Morgan fingerprint density at radius 2 is 2.25 bits per heavy atom. The van der Waals surface area contributed by atoms with Crippen LogP contribution in [0.1, 0.15) is 16.9 Å².